The number of rotatable bonds is 6. The average molecular weight is 192 g/mol. The van der Waals surface area contributed by atoms with Gasteiger partial charge in [0.2, 0.25) is 0 Å². The molecular formula is C12H20N2. The summed E-state index contributed by atoms with van der Waals surface area (Å²) in [5.74, 6) is 0.861. The molecule has 1 heterocycles. The summed E-state index contributed by atoms with van der Waals surface area (Å²) in [7, 11) is 0. The SMILES string of the molecule is CCCCCCCc1cnc(C)nc1. The number of nitrogens with zero attached hydrogens (tertiary/aromatic N) is 2. The molecule has 2 nitrogen and oxygen atoms in total. The lowest BCUT2D eigenvalue weighted by Crippen LogP contribution is -1.92. The van der Waals surface area contributed by atoms with E-state index in [0.29, 0.717) is 0 Å². The van der Waals surface area contributed by atoms with Crippen LogP contribution < -0.4 is 0 Å². The van der Waals surface area contributed by atoms with Crippen LogP contribution in [0.25, 0.3) is 0 Å². The minimum atomic E-state index is 0.861. The fourth-order valence-corrected chi connectivity index (χ4v) is 1.48. The number of aryl methyl sites for hydroxylation is 2. The van der Waals surface area contributed by atoms with E-state index in [-0.39, 0.29) is 0 Å². The normalized spacial score (nSPS) is 10.4. The zero-order chi connectivity index (χ0) is 10.2. The van der Waals surface area contributed by atoms with Crippen molar-refractivity contribution >= 4 is 0 Å². The largest absolute Gasteiger partial charge is 0.241 e. The van der Waals surface area contributed by atoms with Crippen molar-refractivity contribution in [1.29, 1.82) is 0 Å². The third kappa shape index (κ3) is 4.35. The predicted octanol–water partition coefficient (Wildman–Crippen LogP) is 3.30. The smallest absolute Gasteiger partial charge is 0.125 e. The highest BCUT2D eigenvalue weighted by Gasteiger charge is 1.94. The Morgan fingerprint density at radius 3 is 2.29 bits per heavy atom. The van der Waals surface area contributed by atoms with Crippen LogP contribution in [-0.4, -0.2) is 9.97 Å². The molecule has 0 amide bonds. The highest BCUT2D eigenvalue weighted by Crippen LogP contribution is 2.07. The summed E-state index contributed by atoms with van der Waals surface area (Å²) in [5, 5.41) is 0. The van der Waals surface area contributed by atoms with Gasteiger partial charge in [-0.2, -0.15) is 0 Å². The first kappa shape index (κ1) is 11.2. The lowest BCUT2D eigenvalue weighted by molar-refractivity contribution is 0.631. The van der Waals surface area contributed by atoms with Gasteiger partial charge in [-0.1, -0.05) is 32.6 Å². The van der Waals surface area contributed by atoms with Crippen LogP contribution in [0.15, 0.2) is 12.4 Å². The summed E-state index contributed by atoms with van der Waals surface area (Å²) in [4.78, 5) is 8.37. The Morgan fingerprint density at radius 1 is 1.00 bits per heavy atom. The molecule has 0 radical (unpaired) electrons. The molecule has 1 aromatic heterocycles. The summed E-state index contributed by atoms with van der Waals surface area (Å²) < 4.78 is 0. The Labute approximate surface area is 86.8 Å². The van der Waals surface area contributed by atoms with Crippen LogP contribution in [-0.2, 0) is 6.42 Å². The van der Waals surface area contributed by atoms with E-state index in [1.807, 2.05) is 19.3 Å². The van der Waals surface area contributed by atoms with Crippen molar-refractivity contribution < 1.29 is 0 Å². The third-order valence-electron chi connectivity index (χ3n) is 2.40. The lowest BCUT2D eigenvalue weighted by atomic mass is 10.1. The molecule has 0 unspecified atom stereocenters. The summed E-state index contributed by atoms with van der Waals surface area (Å²) >= 11 is 0. The second-order valence-electron chi connectivity index (χ2n) is 3.80. The molecule has 14 heavy (non-hydrogen) atoms. The van der Waals surface area contributed by atoms with Crippen LogP contribution in [0.5, 0.6) is 0 Å². The minimum absolute atomic E-state index is 0.861. The van der Waals surface area contributed by atoms with Gasteiger partial charge in [0.15, 0.2) is 0 Å². The lowest BCUT2D eigenvalue weighted by Gasteiger charge is -2.00. The molecule has 1 aromatic rings. The molecule has 0 N–H and O–H groups in total. The molecule has 0 saturated heterocycles. The highest BCUT2D eigenvalue weighted by atomic mass is 14.8. The number of aromatic nitrogens is 2. The zero-order valence-electron chi connectivity index (χ0n) is 9.29. The summed E-state index contributed by atoms with van der Waals surface area (Å²) in [5.41, 5.74) is 1.27. The monoisotopic (exact) mass is 192 g/mol. The van der Waals surface area contributed by atoms with Crippen LogP contribution in [0.2, 0.25) is 0 Å². The van der Waals surface area contributed by atoms with Crippen LogP contribution in [0.1, 0.15) is 50.4 Å². The van der Waals surface area contributed by atoms with Crippen molar-refractivity contribution in [2.75, 3.05) is 0 Å². The molecule has 78 valence electrons. The third-order valence-corrected chi connectivity index (χ3v) is 2.40. The standard InChI is InChI=1S/C12H20N2/c1-3-4-5-6-7-8-12-9-13-11(2)14-10-12/h9-10H,3-8H2,1-2H3. The molecule has 0 atom stereocenters. The Balaban J connectivity index is 2.15. The average Bonchev–Trinajstić information content (AvgIpc) is 2.21. The molecule has 0 bridgehead atoms. The molecule has 0 spiro atoms. The fraction of sp³-hybridized carbons (Fsp3) is 0.667. The molecule has 0 aliphatic heterocycles. The number of unbranched alkanes of at least 4 members (excludes halogenated alkanes) is 4. The van der Waals surface area contributed by atoms with Crippen LogP contribution in [0, 0.1) is 6.92 Å². The first-order valence-electron chi connectivity index (χ1n) is 5.60. The summed E-state index contributed by atoms with van der Waals surface area (Å²) in [6.07, 6.45) is 11.7. The van der Waals surface area contributed by atoms with Crippen molar-refractivity contribution in [1.82, 2.24) is 9.97 Å². The first-order valence-corrected chi connectivity index (χ1v) is 5.60. The second kappa shape index (κ2) is 6.52. The van der Waals surface area contributed by atoms with Crippen LogP contribution >= 0.6 is 0 Å². The van der Waals surface area contributed by atoms with E-state index in [0.717, 1.165) is 12.2 Å². The van der Waals surface area contributed by atoms with Gasteiger partial charge in [0, 0.05) is 12.4 Å². The van der Waals surface area contributed by atoms with Crippen molar-refractivity contribution in [2.24, 2.45) is 0 Å². The molecule has 0 aromatic carbocycles. The van der Waals surface area contributed by atoms with Gasteiger partial charge in [0.05, 0.1) is 0 Å². The topological polar surface area (TPSA) is 25.8 Å². The van der Waals surface area contributed by atoms with Crippen LogP contribution in [0.4, 0.5) is 0 Å². The van der Waals surface area contributed by atoms with Crippen molar-refractivity contribution in [2.45, 2.75) is 52.4 Å². The maximum atomic E-state index is 4.18. The molecule has 1 rings (SSSR count). The van der Waals surface area contributed by atoms with Gasteiger partial charge < -0.3 is 0 Å². The Bertz CT molecular complexity index is 241. The van der Waals surface area contributed by atoms with Gasteiger partial charge in [-0.15, -0.1) is 0 Å². The van der Waals surface area contributed by atoms with Crippen LogP contribution in [0.3, 0.4) is 0 Å². The van der Waals surface area contributed by atoms with Crippen molar-refractivity contribution in [3.05, 3.63) is 23.8 Å². The first-order chi connectivity index (χ1) is 6.83. The van der Waals surface area contributed by atoms with E-state index >= 15 is 0 Å². The van der Waals surface area contributed by atoms with Gasteiger partial charge >= 0.3 is 0 Å². The number of hydrogen-bond donors (Lipinski definition) is 0. The van der Waals surface area contributed by atoms with Gasteiger partial charge in [-0.25, -0.2) is 9.97 Å². The summed E-state index contributed by atoms with van der Waals surface area (Å²) in [6.45, 7) is 4.17. The molecule has 0 saturated carbocycles. The van der Waals surface area contributed by atoms with E-state index < -0.39 is 0 Å². The molecule has 2 heteroatoms. The Morgan fingerprint density at radius 2 is 1.64 bits per heavy atom. The van der Waals surface area contributed by atoms with Crippen molar-refractivity contribution in [3.8, 4) is 0 Å². The molecule has 0 aliphatic rings. The van der Waals surface area contributed by atoms with E-state index in [9.17, 15) is 0 Å². The number of hydrogen-bond acceptors (Lipinski definition) is 2. The predicted molar refractivity (Wildman–Crippen MR) is 59.2 cm³/mol. The van der Waals surface area contributed by atoms with Crippen molar-refractivity contribution in [3.63, 3.8) is 0 Å². The van der Waals surface area contributed by atoms with E-state index in [1.54, 1.807) is 0 Å². The maximum absolute atomic E-state index is 4.18. The highest BCUT2D eigenvalue weighted by molar-refractivity contribution is 5.04. The zero-order valence-corrected chi connectivity index (χ0v) is 9.29. The fourth-order valence-electron chi connectivity index (χ4n) is 1.48. The van der Waals surface area contributed by atoms with E-state index in [4.69, 9.17) is 0 Å². The second-order valence-corrected chi connectivity index (χ2v) is 3.80. The van der Waals surface area contributed by atoms with Gasteiger partial charge in [-0.3, -0.25) is 0 Å². The quantitative estimate of drug-likeness (QED) is 0.646. The van der Waals surface area contributed by atoms with Gasteiger partial charge in [0.1, 0.15) is 5.82 Å². The molecule has 0 fully saturated rings. The van der Waals surface area contributed by atoms with E-state index in [1.165, 1.54) is 37.7 Å². The summed E-state index contributed by atoms with van der Waals surface area (Å²) in [6, 6.07) is 0. The van der Waals surface area contributed by atoms with E-state index in [2.05, 4.69) is 16.9 Å². The van der Waals surface area contributed by atoms with Gasteiger partial charge in [0.25, 0.3) is 0 Å². The van der Waals surface area contributed by atoms with Gasteiger partial charge in [-0.05, 0) is 25.3 Å². The molecule has 0 aliphatic carbocycles. The Hall–Kier alpha value is -0.920. The minimum Gasteiger partial charge on any atom is -0.241 e. The molecular weight excluding hydrogens is 172 g/mol. The Kier molecular flexibility index (Phi) is 5.20. The maximum Gasteiger partial charge on any atom is 0.125 e.